The van der Waals surface area contributed by atoms with E-state index in [1.54, 1.807) is 0 Å². The number of hydrogen-bond donors (Lipinski definition) is 2. The highest BCUT2D eigenvalue weighted by Gasteiger charge is 2.13. The Labute approximate surface area is 123 Å². The van der Waals surface area contributed by atoms with Crippen molar-refractivity contribution in [3.05, 3.63) is 23.8 Å². The average molecular weight is 297 g/mol. The zero-order chi connectivity index (χ0) is 15.1. The Bertz CT molecular complexity index is 470. The van der Waals surface area contributed by atoms with E-state index in [4.69, 9.17) is 5.73 Å². The van der Waals surface area contributed by atoms with E-state index in [1.807, 2.05) is 0 Å². The predicted octanol–water partition coefficient (Wildman–Crippen LogP) is 2.54. The summed E-state index contributed by atoms with van der Waals surface area (Å²) in [6.07, 6.45) is 5.83. The third kappa shape index (κ3) is 5.24. The highest BCUT2D eigenvalue weighted by Crippen LogP contribution is 2.17. The molecule has 7 heteroatoms. The molecule has 1 aliphatic rings. The SMILES string of the molecule is NC(=NCc1nccc(C(F)F)n1)NC1CCCCCC1. The molecule has 1 aromatic rings. The minimum Gasteiger partial charge on any atom is -0.370 e. The third-order valence-electron chi connectivity index (χ3n) is 3.55. The molecule has 116 valence electrons. The van der Waals surface area contributed by atoms with Crippen LogP contribution in [0.4, 0.5) is 8.78 Å². The van der Waals surface area contributed by atoms with Crippen molar-refractivity contribution >= 4 is 5.96 Å². The van der Waals surface area contributed by atoms with Crippen molar-refractivity contribution in [2.45, 2.75) is 57.5 Å². The summed E-state index contributed by atoms with van der Waals surface area (Å²) in [6.45, 7) is 0.103. The fraction of sp³-hybridized carbons (Fsp3) is 0.643. The van der Waals surface area contributed by atoms with Gasteiger partial charge >= 0.3 is 0 Å². The van der Waals surface area contributed by atoms with Crippen LogP contribution in [0.5, 0.6) is 0 Å². The minimum absolute atomic E-state index is 0.103. The van der Waals surface area contributed by atoms with E-state index in [0.717, 1.165) is 12.8 Å². The second-order valence-electron chi connectivity index (χ2n) is 5.23. The third-order valence-corrected chi connectivity index (χ3v) is 3.55. The summed E-state index contributed by atoms with van der Waals surface area (Å²) < 4.78 is 25.1. The highest BCUT2D eigenvalue weighted by atomic mass is 19.3. The topological polar surface area (TPSA) is 76.2 Å². The van der Waals surface area contributed by atoms with Gasteiger partial charge < -0.3 is 11.1 Å². The predicted molar refractivity (Wildman–Crippen MR) is 76.9 cm³/mol. The number of alkyl halides is 2. The first-order chi connectivity index (χ1) is 10.1. The molecule has 0 amide bonds. The average Bonchev–Trinajstić information content (AvgIpc) is 2.74. The van der Waals surface area contributed by atoms with Gasteiger partial charge in [0.15, 0.2) is 5.96 Å². The first-order valence-corrected chi connectivity index (χ1v) is 7.31. The summed E-state index contributed by atoms with van der Waals surface area (Å²) >= 11 is 0. The molecule has 2 rings (SSSR count). The van der Waals surface area contributed by atoms with Gasteiger partial charge in [-0.3, -0.25) is 0 Å². The maximum atomic E-state index is 12.5. The number of aromatic nitrogens is 2. The number of halogens is 2. The van der Waals surface area contributed by atoms with Crippen molar-refractivity contribution < 1.29 is 8.78 Å². The molecule has 0 spiro atoms. The van der Waals surface area contributed by atoms with Crippen LogP contribution in [0.2, 0.25) is 0 Å². The maximum Gasteiger partial charge on any atom is 0.280 e. The Kier molecular flexibility index (Phi) is 5.83. The first kappa shape index (κ1) is 15.6. The highest BCUT2D eigenvalue weighted by molar-refractivity contribution is 5.78. The fourth-order valence-corrected chi connectivity index (χ4v) is 2.45. The molecule has 0 unspecified atom stereocenters. The van der Waals surface area contributed by atoms with Crippen LogP contribution in [0, 0.1) is 0 Å². The number of guanidine groups is 1. The van der Waals surface area contributed by atoms with Crippen LogP contribution in [0.3, 0.4) is 0 Å². The molecule has 3 N–H and O–H groups in total. The molecule has 1 fully saturated rings. The second kappa shape index (κ2) is 7.85. The number of rotatable bonds is 4. The Hall–Kier alpha value is -1.79. The Morgan fingerprint density at radius 2 is 2.05 bits per heavy atom. The second-order valence-corrected chi connectivity index (χ2v) is 5.23. The van der Waals surface area contributed by atoms with Gasteiger partial charge in [0.1, 0.15) is 18.1 Å². The van der Waals surface area contributed by atoms with Crippen LogP contribution < -0.4 is 11.1 Å². The summed E-state index contributed by atoms with van der Waals surface area (Å²) in [5, 5.41) is 3.19. The van der Waals surface area contributed by atoms with E-state index in [-0.39, 0.29) is 18.1 Å². The fourth-order valence-electron chi connectivity index (χ4n) is 2.45. The lowest BCUT2D eigenvalue weighted by Crippen LogP contribution is -2.39. The summed E-state index contributed by atoms with van der Waals surface area (Å²) in [4.78, 5) is 11.8. The van der Waals surface area contributed by atoms with Gasteiger partial charge in [0.25, 0.3) is 6.43 Å². The van der Waals surface area contributed by atoms with Crippen molar-refractivity contribution in [1.82, 2.24) is 15.3 Å². The van der Waals surface area contributed by atoms with Gasteiger partial charge in [-0.1, -0.05) is 25.7 Å². The molecule has 0 aromatic carbocycles. The van der Waals surface area contributed by atoms with E-state index in [2.05, 4.69) is 20.3 Å². The molecule has 5 nitrogen and oxygen atoms in total. The normalized spacial score (nSPS) is 17.8. The zero-order valence-corrected chi connectivity index (χ0v) is 11.9. The molecule has 1 saturated carbocycles. The van der Waals surface area contributed by atoms with Crippen LogP contribution in [0.1, 0.15) is 56.5 Å². The van der Waals surface area contributed by atoms with E-state index >= 15 is 0 Å². The molecule has 1 aliphatic carbocycles. The molecule has 0 atom stereocenters. The van der Waals surface area contributed by atoms with E-state index < -0.39 is 6.43 Å². The van der Waals surface area contributed by atoms with Crippen molar-refractivity contribution in [1.29, 1.82) is 0 Å². The smallest absolute Gasteiger partial charge is 0.280 e. The molecule has 0 saturated heterocycles. The van der Waals surface area contributed by atoms with Gasteiger partial charge in [-0.05, 0) is 18.9 Å². The van der Waals surface area contributed by atoms with Gasteiger partial charge in [-0.2, -0.15) is 0 Å². The molecule has 0 radical (unpaired) electrons. The summed E-state index contributed by atoms with van der Waals surface area (Å²) in [5.41, 5.74) is 5.55. The summed E-state index contributed by atoms with van der Waals surface area (Å²) in [5.74, 6) is 0.575. The number of nitrogens with zero attached hydrogens (tertiary/aromatic N) is 3. The number of nitrogens with two attached hydrogens (primary N) is 1. The Balaban J connectivity index is 1.88. The van der Waals surface area contributed by atoms with Crippen LogP contribution in [0.15, 0.2) is 17.3 Å². The van der Waals surface area contributed by atoms with Gasteiger partial charge in [-0.25, -0.2) is 23.7 Å². The molecule has 21 heavy (non-hydrogen) atoms. The summed E-state index contributed by atoms with van der Waals surface area (Å²) in [7, 11) is 0. The van der Waals surface area contributed by atoms with Gasteiger partial charge in [0, 0.05) is 12.2 Å². The Morgan fingerprint density at radius 1 is 1.33 bits per heavy atom. The van der Waals surface area contributed by atoms with Crippen LogP contribution in [-0.2, 0) is 6.54 Å². The van der Waals surface area contributed by atoms with E-state index in [1.165, 1.54) is 37.9 Å². The van der Waals surface area contributed by atoms with Gasteiger partial charge in [0.05, 0.1) is 0 Å². The molecular formula is C14H21F2N5. The lowest BCUT2D eigenvalue weighted by molar-refractivity contribution is 0.145. The van der Waals surface area contributed by atoms with Gasteiger partial charge in [-0.15, -0.1) is 0 Å². The van der Waals surface area contributed by atoms with E-state index in [0.29, 0.717) is 12.0 Å². The zero-order valence-electron chi connectivity index (χ0n) is 11.9. The number of hydrogen-bond acceptors (Lipinski definition) is 3. The number of nitrogens with one attached hydrogen (secondary N) is 1. The molecule has 0 bridgehead atoms. The summed E-state index contributed by atoms with van der Waals surface area (Å²) in [6, 6.07) is 1.55. The number of aliphatic imine (C=N–C) groups is 1. The van der Waals surface area contributed by atoms with Crippen molar-refractivity contribution in [2.24, 2.45) is 10.7 Å². The largest absolute Gasteiger partial charge is 0.370 e. The van der Waals surface area contributed by atoms with Crippen molar-refractivity contribution in [3.63, 3.8) is 0 Å². The molecule has 0 aliphatic heterocycles. The quantitative estimate of drug-likeness (QED) is 0.509. The van der Waals surface area contributed by atoms with Crippen molar-refractivity contribution in [2.75, 3.05) is 0 Å². The van der Waals surface area contributed by atoms with Crippen LogP contribution in [0.25, 0.3) is 0 Å². The lowest BCUT2D eigenvalue weighted by atomic mass is 10.1. The molecular weight excluding hydrogens is 276 g/mol. The first-order valence-electron chi connectivity index (χ1n) is 7.31. The lowest BCUT2D eigenvalue weighted by Gasteiger charge is -2.16. The van der Waals surface area contributed by atoms with Crippen LogP contribution in [-0.4, -0.2) is 22.0 Å². The maximum absolute atomic E-state index is 12.5. The Morgan fingerprint density at radius 3 is 2.71 bits per heavy atom. The van der Waals surface area contributed by atoms with Gasteiger partial charge in [0.2, 0.25) is 0 Å². The standard InChI is InChI=1S/C14H21F2N5/c15-13(16)11-7-8-18-12(21-11)9-19-14(17)20-10-5-3-1-2-4-6-10/h7-8,10,13H,1-6,9H2,(H3,17,19,20). The van der Waals surface area contributed by atoms with Crippen molar-refractivity contribution in [3.8, 4) is 0 Å². The van der Waals surface area contributed by atoms with Crippen LogP contribution >= 0.6 is 0 Å². The molecule has 1 aromatic heterocycles. The molecule has 1 heterocycles. The monoisotopic (exact) mass is 297 g/mol. The minimum atomic E-state index is -2.60. The van der Waals surface area contributed by atoms with E-state index in [9.17, 15) is 8.78 Å².